The van der Waals surface area contributed by atoms with Gasteiger partial charge in [0.1, 0.15) is 5.75 Å². The van der Waals surface area contributed by atoms with Crippen molar-refractivity contribution >= 4 is 0 Å². The van der Waals surface area contributed by atoms with E-state index in [-0.39, 0.29) is 0 Å². The Hall–Kier alpha value is -1.81. The fraction of sp³-hybridized carbons (Fsp3) is 0.438. The van der Waals surface area contributed by atoms with Crippen molar-refractivity contribution < 1.29 is 9.84 Å². The lowest BCUT2D eigenvalue weighted by molar-refractivity contribution is 0.199. The van der Waals surface area contributed by atoms with Gasteiger partial charge in [0, 0.05) is 11.3 Å². The van der Waals surface area contributed by atoms with E-state index >= 15 is 0 Å². The number of aryl methyl sites for hydroxylation is 1. The van der Waals surface area contributed by atoms with Crippen molar-refractivity contribution in [3.8, 4) is 5.75 Å². The highest BCUT2D eigenvalue weighted by Crippen LogP contribution is 2.25. The van der Waals surface area contributed by atoms with E-state index in [0.717, 1.165) is 28.3 Å². The molecule has 0 fully saturated rings. The van der Waals surface area contributed by atoms with Crippen LogP contribution in [-0.2, 0) is 6.54 Å². The predicted molar refractivity (Wildman–Crippen MR) is 79.2 cm³/mol. The Balaban J connectivity index is 2.40. The summed E-state index contributed by atoms with van der Waals surface area (Å²) in [6, 6.07) is 5.77. The highest BCUT2D eigenvalue weighted by atomic mass is 16.5. The fourth-order valence-electron chi connectivity index (χ4n) is 2.28. The maximum atomic E-state index is 9.72. The zero-order valence-electron chi connectivity index (χ0n) is 12.8. The summed E-state index contributed by atoms with van der Waals surface area (Å²) in [4.78, 5) is 0. The summed E-state index contributed by atoms with van der Waals surface area (Å²) >= 11 is 0. The van der Waals surface area contributed by atoms with Gasteiger partial charge in [-0.15, -0.1) is 0 Å². The number of hydrogen-bond acceptors (Lipinski definition) is 3. The average Bonchev–Trinajstić information content (AvgIpc) is 2.66. The largest absolute Gasteiger partial charge is 0.496 e. The molecule has 1 aromatic heterocycles. The third-order valence-electron chi connectivity index (χ3n) is 3.85. The number of aliphatic hydroxyl groups is 1. The van der Waals surface area contributed by atoms with Crippen molar-refractivity contribution in [2.75, 3.05) is 7.11 Å². The van der Waals surface area contributed by atoms with Gasteiger partial charge in [-0.2, -0.15) is 5.10 Å². The number of methoxy groups -OCH3 is 1. The minimum Gasteiger partial charge on any atom is -0.496 e. The van der Waals surface area contributed by atoms with Gasteiger partial charge in [-0.1, -0.05) is 6.07 Å². The molecule has 0 aliphatic heterocycles. The standard InChI is InChI=1S/C16H22N2O2/c1-10-11(2)17-18(12(10)3)9-15-8-14(13(4)19)6-7-16(15)20-5/h6-8,13,19H,9H2,1-5H3. The zero-order valence-corrected chi connectivity index (χ0v) is 12.8. The van der Waals surface area contributed by atoms with Crippen molar-refractivity contribution in [3.05, 3.63) is 46.3 Å². The Bertz CT molecular complexity index is 615. The van der Waals surface area contributed by atoms with Gasteiger partial charge in [-0.3, -0.25) is 4.68 Å². The van der Waals surface area contributed by atoms with E-state index < -0.39 is 6.10 Å². The summed E-state index contributed by atoms with van der Waals surface area (Å²) in [5, 5.41) is 14.3. The van der Waals surface area contributed by atoms with Gasteiger partial charge in [-0.25, -0.2) is 0 Å². The molecule has 1 N–H and O–H groups in total. The summed E-state index contributed by atoms with van der Waals surface area (Å²) < 4.78 is 7.39. The molecule has 108 valence electrons. The molecule has 0 radical (unpaired) electrons. The normalized spacial score (nSPS) is 12.5. The number of aromatic nitrogens is 2. The van der Waals surface area contributed by atoms with Crippen molar-refractivity contribution in [3.63, 3.8) is 0 Å². The summed E-state index contributed by atoms with van der Waals surface area (Å²) in [5.74, 6) is 0.819. The van der Waals surface area contributed by atoms with Crippen LogP contribution in [0.1, 0.15) is 41.1 Å². The molecule has 4 nitrogen and oxygen atoms in total. The number of rotatable bonds is 4. The highest BCUT2D eigenvalue weighted by Gasteiger charge is 2.12. The van der Waals surface area contributed by atoms with Gasteiger partial charge in [0.05, 0.1) is 25.5 Å². The van der Waals surface area contributed by atoms with Crippen molar-refractivity contribution in [1.29, 1.82) is 0 Å². The molecular weight excluding hydrogens is 252 g/mol. The van der Waals surface area contributed by atoms with Gasteiger partial charge in [0.15, 0.2) is 0 Å². The monoisotopic (exact) mass is 274 g/mol. The topological polar surface area (TPSA) is 47.3 Å². The molecule has 0 aliphatic carbocycles. The lowest BCUT2D eigenvalue weighted by atomic mass is 10.1. The van der Waals surface area contributed by atoms with Crippen LogP contribution in [0.3, 0.4) is 0 Å². The van der Waals surface area contributed by atoms with E-state index in [9.17, 15) is 5.11 Å². The lowest BCUT2D eigenvalue weighted by Crippen LogP contribution is -2.07. The van der Waals surface area contributed by atoms with E-state index in [1.807, 2.05) is 29.8 Å². The van der Waals surface area contributed by atoms with Gasteiger partial charge in [0.25, 0.3) is 0 Å². The lowest BCUT2D eigenvalue weighted by Gasteiger charge is -2.13. The summed E-state index contributed by atoms with van der Waals surface area (Å²) in [5.41, 5.74) is 5.34. The fourth-order valence-corrected chi connectivity index (χ4v) is 2.28. The van der Waals surface area contributed by atoms with E-state index in [1.165, 1.54) is 5.56 Å². The van der Waals surface area contributed by atoms with Crippen molar-refractivity contribution in [2.45, 2.75) is 40.3 Å². The molecule has 0 bridgehead atoms. The van der Waals surface area contributed by atoms with Crippen molar-refractivity contribution in [1.82, 2.24) is 9.78 Å². The molecule has 0 aliphatic rings. The van der Waals surface area contributed by atoms with E-state index in [2.05, 4.69) is 18.9 Å². The van der Waals surface area contributed by atoms with Crippen LogP contribution in [-0.4, -0.2) is 22.0 Å². The van der Waals surface area contributed by atoms with Crippen molar-refractivity contribution in [2.24, 2.45) is 0 Å². The SMILES string of the molecule is COc1ccc(C(C)O)cc1Cn1nc(C)c(C)c1C. The van der Waals surface area contributed by atoms with Crippen LogP contribution in [0.5, 0.6) is 5.75 Å². The minimum atomic E-state index is -0.484. The Labute approximate surface area is 120 Å². The number of ether oxygens (including phenoxy) is 1. The summed E-state index contributed by atoms with van der Waals surface area (Å²) in [7, 11) is 1.66. The third kappa shape index (κ3) is 2.70. The number of benzene rings is 1. The molecule has 0 amide bonds. The highest BCUT2D eigenvalue weighted by molar-refractivity contribution is 5.38. The second-order valence-electron chi connectivity index (χ2n) is 5.20. The number of nitrogens with zero attached hydrogens (tertiary/aromatic N) is 2. The molecule has 4 heteroatoms. The smallest absolute Gasteiger partial charge is 0.123 e. The van der Waals surface area contributed by atoms with E-state index in [1.54, 1.807) is 14.0 Å². The van der Waals surface area contributed by atoms with Crippen LogP contribution in [0.25, 0.3) is 0 Å². The Morgan fingerprint density at radius 1 is 1.30 bits per heavy atom. The quantitative estimate of drug-likeness (QED) is 0.932. The Kier molecular flexibility index (Phi) is 4.14. The summed E-state index contributed by atoms with van der Waals surface area (Å²) in [6.07, 6.45) is -0.484. The third-order valence-corrected chi connectivity index (χ3v) is 3.85. The van der Waals surface area contributed by atoms with Gasteiger partial charge in [0.2, 0.25) is 0 Å². The van der Waals surface area contributed by atoms with Gasteiger partial charge >= 0.3 is 0 Å². The number of aliphatic hydroxyl groups excluding tert-OH is 1. The zero-order chi connectivity index (χ0) is 14.9. The maximum absolute atomic E-state index is 9.72. The average molecular weight is 274 g/mol. The molecule has 1 atom stereocenters. The second-order valence-corrected chi connectivity index (χ2v) is 5.20. The second kappa shape index (κ2) is 5.67. The molecule has 0 saturated heterocycles. The van der Waals surface area contributed by atoms with E-state index in [0.29, 0.717) is 6.54 Å². The molecule has 20 heavy (non-hydrogen) atoms. The van der Waals surface area contributed by atoms with Gasteiger partial charge in [-0.05, 0) is 51.0 Å². The van der Waals surface area contributed by atoms with Crippen LogP contribution < -0.4 is 4.74 Å². The molecule has 1 aromatic carbocycles. The molecule has 0 spiro atoms. The Morgan fingerprint density at radius 3 is 2.50 bits per heavy atom. The predicted octanol–water partition coefficient (Wildman–Crippen LogP) is 2.92. The first kappa shape index (κ1) is 14.6. The van der Waals surface area contributed by atoms with E-state index in [4.69, 9.17) is 4.74 Å². The maximum Gasteiger partial charge on any atom is 0.123 e. The van der Waals surface area contributed by atoms with Crippen LogP contribution >= 0.6 is 0 Å². The molecular formula is C16H22N2O2. The van der Waals surface area contributed by atoms with Crippen LogP contribution in [0.4, 0.5) is 0 Å². The Morgan fingerprint density at radius 2 is 2.00 bits per heavy atom. The first-order valence-corrected chi connectivity index (χ1v) is 6.79. The minimum absolute atomic E-state index is 0.484. The molecule has 2 aromatic rings. The molecule has 1 heterocycles. The first-order chi connectivity index (χ1) is 9.43. The van der Waals surface area contributed by atoms with Gasteiger partial charge < -0.3 is 9.84 Å². The number of hydrogen-bond donors (Lipinski definition) is 1. The van der Waals surface area contributed by atoms with Crippen LogP contribution in [0, 0.1) is 20.8 Å². The summed E-state index contributed by atoms with van der Waals surface area (Å²) in [6.45, 7) is 8.57. The van der Waals surface area contributed by atoms with Crippen LogP contribution in [0.2, 0.25) is 0 Å². The molecule has 1 unspecified atom stereocenters. The van der Waals surface area contributed by atoms with Crippen LogP contribution in [0.15, 0.2) is 18.2 Å². The molecule has 0 saturated carbocycles. The first-order valence-electron chi connectivity index (χ1n) is 6.79. The molecule has 2 rings (SSSR count).